The Morgan fingerprint density at radius 3 is 2.84 bits per heavy atom. The first kappa shape index (κ1) is 13.9. The molecule has 1 atom stereocenters. The van der Waals surface area contributed by atoms with Gasteiger partial charge in [-0.25, -0.2) is 13.1 Å². The number of aliphatic hydroxyl groups excluding tert-OH is 1. The topological polar surface area (TPSA) is 108 Å². The smallest absolute Gasteiger partial charge is 0.243 e. The fourth-order valence-electron chi connectivity index (χ4n) is 1.87. The van der Waals surface area contributed by atoms with Crippen molar-refractivity contribution in [3.63, 3.8) is 0 Å². The molecule has 0 spiro atoms. The van der Waals surface area contributed by atoms with Gasteiger partial charge in [-0.15, -0.1) is 0 Å². The first-order valence-corrected chi connectivity index (χ1v) is 7.46. The average molecular weight is 283 g/mol. The van der Waals surface area contributed by atoms with Crippen molar-refractivity contribution < 1.29 is 13.5 Å². The molecule has 1 aromatic carbocycles. The molecule has 2 rings (SSSR count). The number of aliphatic hydroxyl groups is 1. The molecule has 0 aliphatic heterocycles. The molecule has 7 heteroatoms. The van der Waals surface area contributed by atoms with Crippen LogP contribution < -0.4 is 10.5 Å². The van der Waals surface area contributed by atoms with Crippen molar-refractivity contribution in [2.24, 2.45) is 0 Å². The monoisotopic (exact) mass is 283 g/mol. The highest BCUT2D eigenvalue weighted by Crippen LogP contribution is 2.24. The SMILES string of the molecule is CC[C@@H](CO)NS(=O)(=O)c1c[nH]c2cc(N)ccc12. The van der Waals surface area contributed by atoms with Gasteiger partial charge in [0, 0.05) is 28.8 Å². The molecular weight excluding hydrogens is 266 g/mol. The van der Waals surface area contributed by atoms with E-state index in [0.717, 1.165) is 0 Å². The number of fused-ring (bicyclic) bond motifs is 1. The summed E-state index contributed by atoms with van der Waals surface area (Å²) < 4.78 is 27.0. The predicted octanol–water partition coefficient (Wildman–Crippen LogP) is 0.799. The van der Waals surface area contributed by atoms with Crippen molar-refractivity contribution in [1.82, 2.24) is 9.71 Å². The van der Waals surface area contributed by atoms with Gasteiger partial charge in [0.2, 0.25) is 10.0 Å². The number of aromatic nitrogens is 1. The summed E-state index contributed by atoms with van der Waals surface area (Å²) in [6.07, 6.45) is 1.95. The van der Waals surface area contributed by atoms with Gasteiger partial charge in [0.15, 0.2) is 0 Å². The Morgan fingerprint density at radius 2 is 2.21 bits per heavy atom. The Labute approximate surface area is 111 Å². The van der Waals surface area contributed by atoms with Crippen molar-refractivity contribution in [2.45, 2.75) is 24.3 Å². The van der Waals surface area contributed by atoms with Crippen LogP contribution in [-0.2, 0) is 10.0 Å². The van der Waals surface area contributed by atoms with Crippen molar-refractivity contribution in [3.8, 4) is 0 Å². The van der Waals surface area contributed by atoms with Gasteiger partial charge in [-0.3, -0.25) is 0 Å². The van der Waals surface area contributed by atoms with Crippen LogP contribution >= 0.6 is 0 Å². The van der Waals surface area contributed by atoms with Crippen LogP contribution in [0.5, 0.6) is 0 Å². The van der Waals surface area contributed by atoms with Crippen LogP contribution in [0.15, 0.2) is 29.3 Å². The third-order valence-corrected chi connectivity index (χ3v) is 4.55. The lowest BCUT2D eigenvalue weighted by atomic mass is 10.2. The number of benzene rings is 1. The van der Waals surface area contributed by atoms with Crippen molar-refractivity contribution in [1.29, 1.82) is 0 Å². The summed E-state index contributed by atoms with van der Waals surface area (Å²) in [5.41, 5.74) is 6.88. The van der Waals surface area contributed by atoms with Crippen molar-refractivity contribution in [3.05, 3.63) is 24.4 Å². The summed E-state index contributed by atoms with van der Waals surface area (Å²) in [4.78, 5) is 3.04. The molecule has 0 fully saturated rings. The number of nitrogen functional groups attached to an aromatic ring is 1. The van der Waals surface area contributed by atoms with E-state index in [1.54, 1.807) is 25.1 Å². The molecule has 1 heterocycles. The van der Waals surface area contributed by atoms with E-state index in [2.05, 4.69) is 9.71 Å². The Balaban J connectivity index is 2.43. The molecule has 0 amide bonds. The van der Waals surface area contributed by atoms with E-state index >= 15 is 0 Å². The Hall–Kier alpha value is -1.57. The number of sulfonamides is 1. The van der Waals surface area contributed by atoms with E-state index < -0.39 is 16.1 Å². The van der Waals surface area contributed by atoms with E-state index in [-0.39, 0.29) is 11.5 Å². The Bertz CT molecular complexity index is 675. The van der Waals surface area contributed by atoms with Crippen molar-refractivity contribution >= 4 is 26.6 Å². The van der Waals surface area contributed by atoms with E-state index in [1.807, 2.05) is 0 Å². The standard InChI is InChI=1S/C12H17N3O3S/c1-2-9(7-16)15-19(17,18)12-6-14-11-5-8(13)3-4-10(11)12/h3-6,9,14-16H,2,7,13H2,1H3/t9-/m0/s1. The summed E-state index contributed by atoms with van der Waals surface area (Å²) in [6.45, 7) is 1.57. The lowest BCUT2D eigenvalue weighted by Crippen LogP contribution is -2.36. The van der Waals surface area contributed by atoms with Crippen LogP contribution in [0.25, 0.3) is 10.9 Å². The third-order valence-electron chi connectivity index (χ3n) is 2.99. The normalized spacial score (nSPS) is 13.8. The van der Waals surface area contributed by atoms with E-state index in [9.17, 15) is 8.42 Å². The minimum absolute atomic E-state index is 0.161. The molecule has 2 aromatic rings. The number of rotatable bonds is 5. The fraction of sp³-hybridized carbons (Fsp3) is 0.333. The van der Waals surface area contributed by atoms with E-state index in [0.29, 0.717) is 23.0 Å². The number of anilines is 1. The molecule has 1 aromatic heterocycles. The molecular formula is C12H17N3O3S. The summed E-state index contributed by atoms with van der Waals surface area (Å²) in [7, 11) is -3.66. The molecule has 0 aliphatic carbocycles. The van der Waals surface area contributed by atoms with Gasteiger partial charge in [0.25, 0.3) is 0 Å². The molecule has 0 bridgehead atoms. The third kappa shape index (κ3) is 2.73. The van der Waals surface area contributed by atoms with Gasteiger partial charge in [-0.05, 0) is 24.6 Å². The molecule has 19 heavy (non-hydrogen) atoms. The van der Waals surface area contributed by atoms with Crippen LogP contribution in [-0.4, -0.2) is 31.2 Å². The van der Waals surface area contributed by atoms with Gasteiger partial charge < -0.3 is 15.8 Å². The summed E-state index contributed by atoms with van der Waals surface area (Å²) in [5.74, 6) is 0. The molecule has 0 saturated carbocycles. The zero-order chi connectivity index (χ0) is 14.0. The second-order valence-corrected chi connectivity index (χ2v) is 6.05. The van der Waals surface area contributed by atoms with Gasteiger partial charge in [-0.1, -0.05) is 6.92 Å². The second-order valence-electron chi connectivity index (χ2n) is 4.37. The van der Waals surface area contributed by atoms with Gasteiger partial charge in [-0.2, -0.15) is 0 Å². The largest absolute Gasteiger partial charge is 0.399 e. The minimum atomic E-state index is -3.66. The highest BCUT2D eigenvalue weighted by molar-refractivity contribution is 7.89. The number of hydrogen-bond donors (Lipinski definition) is 4. The van der Waals surface area contributed by atoms with Crippen LogP contribution in [0.4, 0.5) is 5.69 Å². The maximum Gasteiger partial charge on any atom is 0.243 e. The number of nitrogens with two attached hydrogens (primary N) is 1. The number of hydrogen-bond acceptors (Lipinski definition) is 4. The Morgan fingerprint density at radius 1 is 1.47 bits per heavy atom. The van der Waals surface area contributed by atoms with E-state index in [1.165, 1.54) is 6.20 Å². The molecule has 6 nitrogen and oxygen atoms in total. The van der Waals surface area contributed by atoms with Crippen LogP contribution in [0.2, 0.25) is 0 Å². The number of H-pyrrole nitrogens is 1. The highest BCUT2D eigenvalue weighted by atomic mass is 32.2. The van der Waals surface area contributed by atoms with Crippen LogP contribution in [0, 0.1) is 0 Å². The maximum atomic E-state index is 12.2. The quantitative estimate of drug-likeness (QED) is 0.609. The first-order chi connectivity index (χ1) is 8.97. The fourth-order valence-corrected chi connectivity index (χ4v) is 3.36. The van der Waals surface area contributed by atoms with Gasteiger partial charge in [0.1, 0.15) is 4.90 Å². The van der Waals surface area contributed by atoms with Crippen LogP contribution in [0.1, 0.15) is 13.3 Å². The lowest BCUT2D eigenvalue weighted by Gasteiger charge is -2.13. The zero-order valence-electron chi connectivity index (χ0n) is 10.6. The lowest BCUT2D eigenvalue weighted by molar-refractivity contribution is 0.254. The summed E-state index contributed by atoms with van der Waals surface area (Å²) in [6, 6.07) is 4.51. The molecule has 0 saturated heterocycles. The second kappa shape index (κ2) is 5.20. The zero-order valence-corrected chi connectivity index (χ0v) is 11.4. The minimum Gasteiger partial charge on any atom is -0.399 e. The molecule has 0 aliphatic rings. The number of nitrogens with one attached hydrogen (secondary N) is 2. The van der Waals surface area contributed by atoms with E-state index in [4.69, 9.17) is 10.8 Å². The summed E-state index contributed by atoms with van der Waals surface area (Å²) in [5, 5.41) is 9.66. The van der Waals surface area contributed by atoms with Crippen molar-refractivity contribution in [2.75, 3.05) is 12.3 Å². The molecule has 5 N–H and O–H groups in total. The maximum absolute atomic E-state index is 12.2. The highest BCUT2D eigenvalue weighted by Gasteiger charge is 2.22. The van der Waals surface area contributed by atoms with Gasteiger partial charge in [0.05, 0.1) is 6.61 Å². The molecule has 104 valence electrons. The van der Waals surface area contributed by atoms with Crippen LogP contribution in [0.3, 0.4) is 0 Å². The average Bonchev–Trinajstić information content (AvgIpc) is 2.79. The first-order valence-electron chi connectivity index (χ1n) is 5.97. The summed E-state index contributed by atoms with van der Waals surface area (Å²) >= 11 is 0. The number of aromatic amines is 1. The van der Waals surface area contributed by atoms with Gasteiger partial charge >= 0.3 is 0 Å². The molecule has 0 radical (unpaired) electrons. The predicted molar refractivity (Wildman–Crippen MR) is 74.2 cm³/mol. The Kier molecular flexibility index (Phi) is 3.79. The molecule has 0 unspecified atom stereocenters.